The summed E-state index contributed by atoms with van der Waals surface area (Å²) in [4.78, 5) is 17.8. The van der Waals surface area contributed by atoms with Gasteiger partial charge >= 0.3 is 0 Å². The highest BCUT2D eigenvalue weighted by molar-refractivity contribution is 7.89. The van der Waals surface area contributed by atoms with Gasteiger partial charge in [-0.15, -0.1) is 0 Å². The summed E-state index contributed by atoms with van der Waals surface area (Å²) in [6.07, 6.45) is 0.824. The Hall–Kier alpha value is -3.27. The molecule has 9 heteroatoms. The first-order valence-corrected chi connectivity index (χ1v) is 12.3. The second kappa shape index (κ2) is 9.07. The van der Waals surface area contributed by atoms with Crippen LogP contribution in [0.3, 0.4) is 0 Å². The highest BCUT2D eigenvalue weighted by Crippen LogP contribution is 2.23. The molecule has 0 aliphatic rings. The molecule has 1 amide bonds. The molecule has 1 aromatic heterocycles. The minimum Gasteiger partial charge on any atom is -0.457 e. The number of nitrogens with two attached hydrogens (primary N) is 1. The highest BCUT2D eigenvalue weighted by Gasteiger charge is 2.14. The topological polar surface area (TPSA) is 104 Å². The van der Waals surface area contributed by atoms with E-state index in [1.54, 1.807) is 30.3 Å². The van der Waals surface area contributed by atoms with Gasteiger partial charge in [-0.2, -0.15) is 4.99 Å². The van der Waals surface area contributed by atoms with Gasteiger partial charge in [-0.05, 0) is 55.0 Å². The van der Waals surface area contributed by atoms with Crippen LogP contribution in [0.15, 0.2) is 82.7 Å². The minimum absolute atomic E-state index is 0.0264. The number of thiazole rings is 1. The van der Waals surface area contributed by atoms with Crippen molar-refractivity contribution in [2.75, 3.05) is 0 Å². The van der Waals surface area contributed by atoms with Crippen LogP contribution in [0.1, 0.15) is 23.7 Å². The third-order valence-electron chi connectivity index (χ3n) is 4.69. The first-order valence-electron chi connectivity index (χ1n) is 9.93. The van der Waals surface area contributed by atoms with Crippen LogP contribution >= 0.6 is 11.3 Å². The van der Waals surface area contributed by atoms with Gasteiger partial charge in [-0.25, -0.2) is 13.6 Å². The summed E-state index contributed by atoms with van der Waals surface area (Å²) >= 11 is 1.25. The molecule has 0 saturated heterocycles. The van der Waals surface area contributed by atoms with E-state index in [9.17, 15) is 13.2 Å². The van der Waals surface area contributed by atoms with Crippen LogP contribution in [0.4, 0.5) is 0 Å². The summed E-state index contributed by atoms with van der Waals surface area (Å²) < 4.78 is 31.8. The average molecular weight is 468 g/mol. The molecule has 0 bridgehead atoms. The Morgan fingerprint density at radius 2 is 1.78 bits per heavy atom. The predicted octanol–water partition coefficient (Wildman–Crippen LogP) is 4.29. The number of sulfonamides is 1. The number of nitrogens with zero attached hydrogens (tertiary/aromatic N) is 2. The van der Waals surface area contributed by atoms with Crippen LogP contribution in [0, 0.1) is 0 Å². The summed E-state index contributed by atoms with van der Waals surface area (Å²) in [5.74, 6) is 0.796. The van der Waals surface area contributed by atoms with E-state index in [1.807, 2.05) is 41.8 Å². The van der Waals surface area contributed by atoms with E-state index in [2.05, 4.69) is 4.99 Å². The molecule has 3 aromatic carbocycles. The zero-order chi connectivity index (χ0) is 22.7. The maximum absolute atomic E-state index is 12.9. The number of aromatic nitrogens is 1. The number of rotatable bonds is 6. The van der Waals surface area contributed by atoms with E-state index in [-0.39, 0.29) is 4.90 Å². The first kappa shape index (κ1) is 21.9. The second-order valence-corrected chi connectivity index (χ2v) is 9.64. The molecule has 0 unspecified atom stereocenters. The van der Waals surface area contributed by atoms with Gasteiger partial charge in [0.2, 0.25) is 10.0 Å². The summed E-state index contributed by atoms with van der Waals surface area (Å²) in [7, 11) is -3.82. The normalized spacial score (nSPS) is 12.2. The predicted molar refractivity (Wildman–Crippen MR) is 124 cm³/mol. The maximum atomic E-state index is 12.9. The van der Waals surface area contributed by atoms with Crippen molar-refractivity contribution in [2.45, 2.75) is 24.8 Å². The molecule has 164 valence electrons. The van der Waals surface area contributed by atoms with Gasteiger partial charge in [0.15, 0.2) is 4.80 Å². The van der Waals surface area contributed by atoms with Crippen LogP contribution in [-0.2, 0) is 16.6 Å². The fourth-order valence-electron chi connectivity index (χ4n) is 3.22. The quantitative estimate of drug-likeness (QED) is 0.457. The lowest BCUT2D eigenvalue weighted by Crippen LogP contribution is -2.17. The summed E-state index contributed by atoms with van der Waals surface area (Å²) in [6.45, 7) is 2.66. The Balaban J connectivity index is 1.72. The van der Waals surface area contributed by atoms with Gasteiger partial charge < -0.3 is 9.30 Å². The van der Waals surface area contributed by atoms with Crippen molar-refractivity contribution in [2.24, 2.45) is 10.1 Å². The number of ether oxygens (including phenoxy) is 1. The number of aryl methyl sites for hydroxylation is 1. The molecule has 0 aliphatic carbocycles. The molecule has 0 fully saturated rings. The largest absolute Gasteiger partial charge is 0.457 e. The standard InChI is InChI=1S/C23H21N3O4S2/c1-2-13-26-20-12-11-19(32(24,28)29)15-21(20)31-23(26)25-22(27)16-7-6-10-18(14-16)30-17-8-4-3-5-9-17/h3-12,14-15H,2,13H2,1H3,(H2,24,28,29). The number of benzene rings is 3. The van der Waals surface area contributed by atoms with Gasteiger partial charge in [-0.3, -0.25) is 4.79 Å². The number of carbonyl (C=O) groups excluding carboxylic acids is 1. The van der Waals surface area contributed by atoms with Crippen LogP contribution < -0.4 is 14.7 Å². The molecule has 0 saturated carbocycles. The van der Waals surface area contributed by atoms with Crippen LogP contribution in [-0.4, -0.2) is 18.9 Å². The average Bonchev–Trinajstić information content (AvgIpc) is 3.10. The van der Waals surface area contributed by atoms with Crippen molar-refractivity contribution in [1.29, 1.82) is 0 Å². The van der Waals surface area contributed by atoms with Crippen molar-refractivity contribution >= 4 is 37.5 Å². The molecule has 7 nitrogen and oxygen atoms in total. The van der Waals surface area contributed by atoms with Gasteiger partial charge in [0, 0.05) is 12.1 Å². The van der Waals surface area contributed by atoms with Crippen molar-refractivity contribution < 1.29 is 17.9 Å². The molecule has 0 aliphatic heterocycles. The van der Waals surface area contributed by atoms with E-state index in [1.165, 1.54) is 23.5 Å². The van der Waals surface area contributed by atoms with Crippen molar-refractivity contribution in [3.05, 3.63) is 83.2 Å². The molecule has 2 N–H and O–H groups in total. The number of hydrogen-bond acceptors (Lipinski definition) is 5. The fraction of sp³-hybridized carbons (Fsp3) is 0.130. The molecular weight excluding hydrogens is 446 g/mol. The van der Waals surface area contributed by atoms with Crippen LogP contribution in [0.25, 0.3) is 10.2 Å². The van der Waals surface area contributed by atoms with Gasteiger partial charge in [-0.1, -0.05) is 42.5 Å². The monoisotopic (exact) mass is 467 g/mol. The number of para-hydroxylation sites is 1. The third kappa shape index (κ3) is 4.80. The van der Waals surface area contributed by atoms with Gasteiger partial charge in [0.25, 0.3) is 5.91 Å². The number of primary sulfonamides is 1. The highest BCUT2D eigenvalue weighted by atomic mass is 32.2. The van der Waals surface area contributed by atoms with Gasteiger partial charge in [0.05, 0.1) is 15.1 Å². The van der Waals surface area contributed by atoms with Crippen molar-refractivity contribution in [1.82, 2.24) is 4.57 Å². The Morgan fingerprint density at radius 3 is 2.50 bits per heavy atom. The van der Waals surface area contributed by atoms with Crippen LogP contribution in [0.5, 0.6) is 11.5 Å². The molecule has 0 spiro atoms. The fourth-order valence-corrected chi connectivity index (χ4v) is 4.93. The van der Waals surface area contributed by atoms with Gasteiger partial charge in [0.1, 0.15) is 11.5 Å². The Morgan fingerprint density at radius 1 is 1.03 bits per heavy atom. The smallest absolute Gasteiger partial charge is 0.279 e. The molecule has 4 rings (SSSR count). The number of fused-ring (bicyclic) bond motifs is 1. The van der Waals surface area contributed by atoms with E-state index in [0.717, 1.165) is 11.9 Å². The molecule has 0 radical (unpaired) electrons. The summed E-state index contributed by atoms with van der Waals surface area (Å²) in [6, 6.07) is 20.8. The maximum Gasteiger partial charge on any atom is 0.279 e. The first-order chi connectivity index (χ1) is 15.3. The zero-order valence-corrected chi connectivity index (χ0v) is 18.9. The van der Waals surface area contributed by atoms with E-state index < -0.39 is 15.9 Å². The number of hydrogen-bond donors (Lipinski definition) is 1. The molecule has 32 heavy (non-hydrogen) atoms. The number of amides is 1. The van der Waals surface area contributed by atoms with E-state index in [4.69, 9.17) is 9.88 Å². The van der Waals surface area contributed by atoms with E-state index in [0.29, 0.717) is 33.1 Å². The Bertz CT molecular complexity index is 1460. The van der Waals surface area contributed by atoms with Crippen molar-refractivity contribution in [3.63, 3.8) is 0 Å². The molecular formula is C23H21N3O4S2. The number of carbonyl (C=O) groups is 1. The molecule has 1 heterocycles. The molecule has 4 aromatic rings. The Labute approximate surface area is 189 Å². The third-order valence-corrected chi connectivity index (χ3v) is 6.64. The lowest BCUT2D eigenvalue weighted by molar-refractivity contribution is 0.0997. The minimum atomic E-state index is -3.82. The lowest BCUT2D eigenvalue weighted by Gasteiger charge is -2.06. The van der Waals surface area contributed by atoms with Crippen molar-refractivity contribution in [3.8, 4) is 11.5 Å². The summed E-state index contributed by atoms with van der Waals surface area (Å²) in [5, 5.41) is 5.26. The summed E-state index contributed by atoms with van der Waals surface area (Å²) in [5.41, 5.74) is 1.20. The SMILES string of the molecule is CCCn1c(=NC(=O)c2cccc(Oc3ccccc3)c2)sc2cc(S(N)(=O)=O)ccc21. The zero-order valence-electron chi connectivity index (χ0n) is 17.3. The second-order valence-electron chi connectivity index (χ2n) is 7.07. The van der Waals surface area contributed by atoms with Crippen LogP contribution in [0.2, 0.25) is 0 Å². The molecule has 0 atom stereocenters. The lowest BCUT2D eigenvalue weighted by atomic mass is 10.2. The Kier molecular flexibility index (Phi) is 6.22. The van der Waals surface area contributed by atoms with E-state index >= 15 is 0 Å².